The zero-order chi connectivity index (χ0) is 18.5. The SMILES string of the molecule is CCC1c2nccn2CCCN1C(=O)CCc1ccc(OC)c(OC)c1. The summed E-state index contributed by atoms with van der Waals surface area (Å²) in [5, 5.41) is 0. The Morgan fingerprint density at radius 1 is 1.23 bits per heavy atom. The van der Waals surface area contributed by atoms with E-state index in [9.17, 15) is 4.79 Å². The molecule has 0 bridgehead atoms. The van der Waals surface area contributed by atoms with Crippen LogP contribution < -0.4 is 9.47 Å². The van der Waals surface area contributed by atoms with E-state index in [4.69, 9.17) is 9.47 Å². The molecule has 1 unspecified atom stereocenters. The summed E-state index contributed by atoms with van der Waals surface area (Å²) in [7, 11) is 3.24. The molecular weight excluding hydrogens is 330 g/mol. The zero-order valence-electron chi connectivity index (χ0n) is 15.8. The third-order valence-corrected chi connectivity index (χ3v) is 5.00. The number of amides is 1. The van der Waals surface area contributed by atoms with Gasteiger partial charge in [-0.2, -0.15) is 0 Å². The molecule has 1 aliphatic rings. The minimum Gasteiger partial charge on any atom is -0.493 e. The number of hydrogen-bond donors (Lipinski definition) is 0. The van der Waals surface area contributed by atoms with Crippen LogP contribution in [0.25, 0.3) is 0 Å². The van der Waals surface area contributed by atoms with E-state index >= 15 is 0 Å². The number of aryl methyl sites for hydroxylation is 2. The molecule has 0 spiro atoms. The Morgan fingerprint density at radius 3 is 2.77 bits per heavy atom. The van der Waals surface area contributed by atoms with Crippen LogP contribution in [0.4, 0.5) is 0 Å². The van der Waals surface area contributed by atoms with Crippen molar-refractivity contribution >= 4 is 5.91 Å². The molecule has 0 aliphatic carbocycles. The topological polar surface area (TPSA) is 56.6 Å². The van der Waals surface area contributed by atoms with Crippen molar-refractivity contribution < 1.29 is 14.3 Å². The number of carbonyl (C=O) groups is 1. The molecular formula is C20H27N3O3. The fourth-order valence-corrected chi connectivity index (χ4v) is 3.65. The van der Waals surface area contributed by atoms with Crippen LogP contribution in [0.5, 0.6) is 11.5 Å². The maximum absolute atomic E-state index is 12.9. The predicted octanol–water partition coefficient (Wildman–Crippen LogP) is 3.22. The van der Waals surface area contributed by atoms with Crippen LogP contribution in [0, 0.1) is 0 Å². The predicted molar refractivity (Wildman–Crippen MR) is 99.5 cm³/mol. The van der Waals surface area contributed by atoms with E-state index in [1.807, 2.05) is 35.5 Å². The molecule has 0 fully saturated rings. The number of fused-ring (bicyclic) bond motifs is 1. The molecule has 26 heavy (non-hydrogen) atoms. The molecule has 1 aromatic heterocycles. The summed E-state index contributed by atoms with van der Waals surface area (Å²) < 4.78 is 12.8. The first-order chi connectivity index (χ1) is 12.7. The lowest BCUT2D eigenvalue weighted by Crippen LogP contribution is -2.35. The first-order valence-electron chi connectivity index (χ1n) is 9.19. The molecule has 2 heterocycles. The molecule has 6 nitrogen and oxygen atoms in total. The normalized spacial score (nSPS) is 16.7. The van der Waals surface area contributed by atoms with Crippen molar-refractivity contribution in [2.75, 3.05) is 20.8 Å². The van der Waals surface area contributed by atoms with Crippen molar-refractivity contribution in [3.8, 4) is 11.5 Å². The van der Waals surface area contributed by atoms with E-state index in [1.54, 1.807) is 14.2 Å². The fourth-order valence-electron chi connectivity index (χ4n) is 3.65. The van der Waals surface area contributed by atoms with Gasteiger partial charge in [0, 0.05) is 31.9 Å². The Morgan fingerprint density at radius 2 is 2.04 bits per heavy atom. The number of benzene rings is 1. The first kappa shape index (κ1) is 18.3. The number of rotatable bonds is 6. The maximum atomic E-state index is 12.9. The van der Waals surface area contributed by atoms with Gasteiger partial charge in [0.15, 0.2) is 11.5 Å². The number of hydrogen-bond acceptors (Lipinski definition) is 4. The summed E-state index contributed by atoms with van der Waals surface area (Å²) in [6.07, 6.45) is 6.83. The third kappa shape index (κ3) is 3.69. The number of ether oxygens (including phenoxy) is 2. The first-order valence-corrected chi connectivity index (χ1v) is 9.19. The minimum atomic E-state index is 0.0606. The number of methoxy groups -OCH3 is 2. The Labute approximate surface area is 154 Å². The molecule has 0 radical (unpaired) electrons. The van der Waals surface area contributed by atoms with E-state index in [0.717, 1.165) is 37.3 Å². The second-order valence-electron chi connectivity index (χ2n) is 6.53. The van der Waals surface area contributed by atoms with Crippen LogP contribution in [0.1, 0.15) is 43.6 Å². The van der Waals surface area contributed by atoms with Crippen molar-refractivity contribution in [3.05, 3.63) is 42.0 Å². The second kappa shape index (κ2) is 8.25. The summed E-state index contributed by atoms with van der Waals surface area (Å²) in [6.45, 7) is 3.82. The van der Waals surface area contributed by atoms with Crippen molar-refractivity contribution in [1.29, 1.82) is 0 Å². The molecule has 0 saturated heterocycles. The molecule has 1 amide bonds. The van der Waals surface area contributed by atoms with Crippen LogP contribution in [0.3, 0.4) is 0 Å². The monoisotopic (exact) mass is 357 g/mol. The maximum Gasteiger partial charge on any atom is 0.223 e. The van der Waals surface area contributed by atoms with Gasteiger partial charge in [-0.3, -0.25) is 4.79 Å². The van der Waals surface area contributed by atoms with Gasteiger partial charge in [0.05, 0.1) is 20.3 Å². The van der Waals surface area contributed by atoms with E-state index in [1.165, 1.54) is 0 Å². The fraction of sp³-hybridized carbons (Fsp3) is 0.500. The van der Waals surface area contributed by atoms with Gasteiger partial charge in [0.1, 0.15) is 5.82 Å². The van der Waals surface area contributed by atoms with E-state index in [-0.39, 0.29) is 11.9 Å². The van der Waals surface area contributed by atoms with Crippen molar-refractivity contribution in [1.82, 2.24) is 14.5 Å². The van der Waals surface area contributed by atoms with Gasteiger partial charge < -0.3 is 18.9 Å². The van der Waals surface area contributed by atoms with E-state index in [2.05, 4.69) is 16.5 Å². The highest BCUT2D eigenvalue weighted by Gasteiger charge is 2.28. The van der Waals surface area contributed by atoms with Crippen molar-refractivity contribution in [2.45, 2.75) is 45.2 Å². The molecule has 1 atom stereocenters. The van der Waals surface area contributed by atoms with Gasteiger partial charge in [-0.05, 0) is 37.0 Å². The molecule has 140 valence electrons. The average molecular weight is 357 g/mol. The minimum absolute atomic E-state index is 0.0606. The van der Waals surface area contributed by atoms with Crippen LogP contribution >= 0.6 is 0 Å². The summed E-state index contributed by atoms with van der Waals surface area (Å²) in [5.41, 5.74) is 1.07. The van der Waals surface area contributed by atoms with Crippen LogP contribution in [0.2, 0.25) is 0 Å². The summed E-state index contributed by atoms with van der Waals surface area (Å²) in [6, 6.07) is 5.88. The largest absolute Gasteiger partial charge is 0.493 e. The molecule has 1 aliphatic heterocycles. The third-order valence-electron chi connectivity index (χ3n) is 5.00. The lowest BCUT2D eigenvalue weighted by atomic mass is 10.1. The van der Waals surface area contributed by atoms with E-state index in [0.29, 0.717) is 24.3 Å². The Balaban J connectivity index is 1.69. The van der Waals surface area contributed by atoms with Gasteiger partial charge in [-0.15, -0.1) is 0 Å². The van der Waals surface area contributed by atoms with E-state index < -0.39 is 0 Å². The Bertz CT molecular complexity index is 757. The highest BCUT2D eigenvalue weighted by molar-refractivity contribution is 5.77. The molecule has 6 heteroatoms. The second-order valence-corrected chi connectivity index (χ2v) is 6.53. The van der Waals surface area contributed by atoms with Crippen LogP contribution in [0.15, 0.2) is 30.6 Å². The molecule has 0 N–H and O–H groups in total. The summed E-state index contributed by atoms with van der Waals surface area (Å²) in [4.78, 5) is 19.4. The number of imidazole rings is 1. The van der Waals surface area contributed by atoms with Crippen molar-refractivity contribution in [2.24, 2.45) is 0 Å². The zero-order valence-corrected chi connectivity index (χ0v) is 15.8. The molecule has 1 aromatic carbocycles. The quantitative estimate of drug-likeness (QED) is 0.796. The average Bonchev–Trinajstić information content (AvgIpc) is 3.06. The van der Waals surface area contributed by atoms with Gasteiger partial charge >= 0.3 is 0 Å². The molecule has 0 saturated carbocycles. The Hall–Kier alpha value is -2.50. The number of aromatic nitrogens is 2. The lowest BCUT2D eigenvalue weighted by Gasteiger charge is -2.28. The highest BCUT2D eigenvalue weighted by Crippen LogP contribution is 2.29. The van der Waals surface area contributed by atoms with Crippen LogP contribution in [-0.4, -0.2) is 41.1 Å². The number of nitrogens with zero attached hydrogens (tertiary/aromatic N) is 3. The Kier molecular flexibility index (Phi) is 5.81. The highest BCUT2D eigenvalue weighted by atomic mass is 16.5. The van der Waals surface area contributed by atoms with Crippen molar-refractivity contribution in [3.63, 3.8) is 0 Å². The summed E-state index contributed by atoms with van der Waals surface area (Å²) >= 11 is 0. The summed E-state index contributed by atoms with van der Waals surface area (Å²) in [5.74, 6) is 2.58. The standard InChI is InChI=1S/C20H27N3O3/c1-4-16-20-21-10-13-22(20)11-5-12-23(16)19(24)9-7-15-6-8-17(25-2)18(14-15)26-3/h6,8,10,13-14,16H,4-5,7,9,11-12H2,1-3H3. The van der Waals surface area contributed by atoms with Crippen LogP contribution in [-0.2, 0) is 17.8 Å². The molecule has 3 rings (SSSR count). The lowest BCUT2D eigenvalue weighted by molar-refractivity contribution is -0.133. The van der Waals surface area contributed by atoms with Gasteiger partial charge in [0.25, 0.3) is 0 Å². The van der Waals surface area contributed by atoms with Gasteiger partial charge in [0.2, 0.25) is 5.91 Å². The number of carbonyl (C=O) groups excluding carboxylic acids is 1. The van der Waals surface area contributed by atoms with Gasteiger partial charge in [-0.25, -0.2) is 4.98 Å². The smallest absolute Gasteiger partial charge is 0.223 e. The molecule has 2 aromatic rings. The van der Waals surface area contributed by atoms with Gasteiger partial charge in [-0.1, -0.05) is 13.0 Å².